The van der Waals surface area contributed by atoms with Crippen LogP contribution in [-0.2, 0) is 0 Å². The summed E-state index contributed by atoms with van der Waals surface area (Å²) in [6.07, 6.45) is 1.65. The Morgan fingerprint density at radius 1 is 0.947 bits per heavy atom. The lowest BCUT2D eigenvalue weighted by molar-refractivity contribution is 0.520. The summed E-state index contributed by atoms with van der Waals surface area (Å²) >= 11 is 0. The number of rotatable bonds is 3. The van der Waals surface area contributed by atoms with Crippen LogP contribution in [0.15, 0.2) is 20.2 Å². The Balaban J connectivity index is 4.72. The van der Waals surface area contributed by atoms with Gasteiger partial charge in [-0.15, -0.1) is 0 Å². The van der Waals surface area contributed by atoms with Gasteiger partial charge in [0.15, 0.2) is 0 Å². The van der Waals surface area contributed by atoms with Gasteiger partial charge in [-0.1, -0.05) is 0 Å². The summed E-state index contributed by atoms with van der Waals surface area (Å²) in [6.45, 7) is 1.86. The van der Waals surface area contributed by atoms with Crippen LogP contribution in [0.1, 0.15) is 6.92 Å². The third-order valence-corrected chi connectivity index (χ3v) is 2.21. The summed E-state index contributed by atoms with van der Waals surface area (Å²) < 4.78 is 0. The van der Waals surface area contributed by atoms with Crippen molar-refractivity contribution in [2.45, 2.75) is 6.92 Å². The second-order valence-electron chi connectivity index (χ2n) is 3.63. The zero-order chi connectivity index (χ0) is 14.8. The molecular formula is C11H24N8. The Morgan fingerprint density at radius 2 is 1.42 bits per heavy atom. The van der Waals surface area contributed by atoms with Gasteiger partial charge in [-0.3, -0.25) is 9.98 Å². The molecule has 8 nitrogen and oxygen atoms in total. The van der Waals surface area contributed by atoms with Gasteiger partial charge in [0.2, 0.25) is 11.9 Å². The van der Waals surface area contributed by atoms with Gasteiger partial charge in [-0.25, -0.2) is 10.0 Å². The minimum Gasteiger partial charge on any atom is -0.358 e. The third kappa shape index (κ3) is 5.84. The number of nitrogens with one attached hydrogen (secondary N) is 2. The lowest BCUT2D eigenvalue weighted by Gasteiger charge is -2.16. The standard InChI is InChI=1S/C11H24N8/c1-9(17-19(7)11(14-4)15-5)8-16-18(6)10(12-2)13-3/h8H,1-7H3,(H,12,13)(H,14,15)/b16-8+,17-9+. The highest BCUT2D eigenvalue weighted by Gasteiger charge is 2.02. The van der Waals surface area contributed by atoms with E-state index in [4.69, 9.17) is 0 Å². The van der Waals surface area contributed by atoms with Crippen molar-refractivity contribution < 1.29 is 0 Å². The Bertz CT molecular complexity index is 382. The molecule has 0 heterocycles. The maximum atomic E-state index is 4.32. The van der Waals surface area contributed by atoms with E-state index in [1.54, 1.807) is 51.5 Å². The minimum atomic E-state index is 0.670. The average molecular weight is 268 g/mol. The SMILES string of the molecule is CN=C(NC)N(C)/N=C/C(C)=N/N(C)C(=NC)NC. The first-order valence-electron chi connectivity index (χ1n) is 5.85. The molecule has 0 saturated carbocycles. The molecule has 8 heteroatoms. The highest BCUT2D eigenvalue weighted by atomic mass is 15.5. The average Bonchev–Trinajstić information content (AvgIpc) is 2.39. The third-order valence-electron chi connectivity index (χ3n) is 2.21. The Morgan fingerprint density at radius 3 is 1.84 bits per heavy atom. The summed E-state index contributed by atoms with van der Waals surface area (Å²) in [5.41, 5.74) is 0.748. The van der Waals surface area contributed by atoms with Crippen LogP contribution in [0.3, 0.4) is 0 Å². The van der Waals surface area contributed by atoms with Crippen LogP contribution in [0.4, 0.5) is 0 Å². The Hall–Kier alpha value is -2.12. The Kier molecular flexibility index (Phi) is 7.90. The Labute approximate surface area is 115 Å². The van der Waals surface area contributed by atoms with Crippen molar-refractivity contribution in [2.24, 2.45) is 20.2 Å². The van der Waals surface area contributed by atoms with Crippen molar-refractivity contribution >= 4 is 23.8 Å². The van der Waals surface area contributed by atoms with Crippen LogP contribution >= 0.6 is 0 Å². The fourth-order valence-electron chi connectivity index (χ4n) is 1.37. The van der Waals surface area contributed by atoms with E-state index in [1.807, 2.05) is 14.0 Å². The summed E-state index contributed by atoms with van der Waals surface area (Å²) in [6, 6.07) is 0. The summed E-state index contributed by atoms with van der Waals surface area (Å²) in [5, 5.41) is 17.7. The molecule has 0 aromatic carbocycles. The fraction of sp³-hybridized carbons (Fsp3) is 0.636. The van der Waals surface area contributed by atoms with Gasteiger partial charge in [0.1, 0.15) is 0 Å². The molecule has 0 aliphatic rings. The molecule has 19 heavy (non-hydrogen) atoms. The van der Waals surface area contributed by atoms with Crippen molar-refractivity contribution in [1.29, 1.82) is 0 Å². The lowest BCUT2D eigenvalue weighted by atomic mass is 10.5. The van der Waals surface area contributed by atoms with E-state index >= 15 is 0 Å². The van der Waals surface area contributed by atoms with E-state index in [2.05, 4.69) is 30.8 Å². The van der Waals surface area contributed by atoms with Gasteiger partial charge >= 0.3 is 0 Å². The van der Waals surface area contributed by atoms with Crippen LogP contribution in [0.5, 0.6) is 0 Å². The van der Waals surface area contributed by atoms with Crippen LogP contribution in [0, 0.1) is 0 Å². The zero-order valence-electron chi connectivity index (χ0n) is 12.8. The number of hydrazone groups is 2. The largest absolute Gasteiger partial charge is 0.358 e. The zero-order valence-corrected chi connectivity index (χ0v) is 12.8. The number of aliphatic imine (C=N–C) groups is 2. The molecule has 0 bridgehead atoms. The van der Waals surface area contributed by atoms with Crippen molar-refractivity contribution in [1.82, 2.24) is 20.7 Å². The first kappa shape index (κ1) is 16.9. The van der Waals surface area contributed by atoms with Gasteiger partial charge in [-0.2, -0.15) is 10.2 Å². The monoisotopic (exact) mass is 268 g/mol. The normalized spacial score (nSPS) is 13.7. The van der Waals surface area contributed by atoms with Crippen molar-refractivity contribution in [3.63, 3.8) is 0 Å². The van der Waals surface area contributed by atoms with Crippen molar-refractivity contribution in [3.05, 3.63) is 0 Å². The predicted octanol–water partition coefficient (Wildman–Crippen LogP) is -0.378. The molecule has 0 fully saturated rings. The van der Waals surface area contributed by atoms with Crippen molar-refractivity contribution in [3.8, 4) is 0 Å². The fourth-order valence-corrected chi connectivity index (χ4v) is 1.37. The van der Waals surface area contributed by atoms with Gasteiger partial charge < -0.3 is 10.6 Å². The summed E-state index contributed by atoms with van der Waals surface area (Å²) in [4.78, 5) is 8.09. The maximum Gasteiger partial charge on any atom is 0.214 e. The van der Waals surface area contributed by atoms with E-state index in [0.29, 0.717) is 11.9 Å². The molecule has 108 valence electrons. The van der Waals surface area contributed by atoms with Gasteiger partial charge in [0, 0.05) is 42.3 Å². The van der Waals surface area contributed by atoms with Crippen LogP contribution in [0.2, 0.25) is 0 Å². The molecule has 0 aliphatic heterocycles. The number of hydrogen-bond donors (Lipinski definition) is 2. The minimum absolute atomic E-state index is 0.670. The van der Waals surface area contributed by atoms with Crippen LogP contribution in [-0.4, -0.2) is 76.1 Å². The summed E-state index contributed by atoms with van der Waals surface area (Å²) in [5.74, 6) is 1.34. The van der Waals surface area contributed by atoms with E-state index < -0.39 is 0 Å². The second kappa shape index (κ2) is 8.90. The van der Waals surface area contributed by atoms with E-state index in [9.17, 15) is 0 Å². The summed E-state index contributed by atoms with van der Waals surface area (Å²) in [7, 11) is 10.6. The predicted molar refractivity (Wildman–Crippen MR) is 82.0 cm³/mol. The quantitative estimate of drug-likeness (QED) is 0.415. The molecule has 0 saturated heterocycles. The molecule has 2 N–H and O–H groups in total. The molecule has 0 rings (SSSR count). The maximum absolute atomic E-state index is 4.32. The molecule has 0 aromatic rings. The first-order valence-corrected chi connectivity index (χ1v) is 5.85. The molecule has 0 amide bonds. The molecule has 0 aliphatic carbocycles. The van der Waals surface area contributed by atoms with E-state index in [1.165, 1.54) is 0 Å². The molecule has 0 atom stereocenters. The smallest absolute Gasteiger partial charge is 0.214 e. The number of guanidine groups is 2. The van der Waals surface area contributed by atoms with E-state index in [0.717, 1.165) is 5.71 Å². The highest BCUT2D eigenvalue weighted by Crippen LogP contribution is 1.89. The molecule has 0 unspecified atom stereocenters. The number of hydrogen-bond acceptors (Lipinski definition) is 4. The molecular weight excluding hydrogens is 244 g/mol. The van der Waals surface area contributed by atoms with E-state index in [-0.39, 0.29) is 0 Å². The number of nitrogens with zero attached hydrogens (tertiary/aromatic N) is 6. The van der Waals surface area contributed by atoms with Gasteiger partial charge in [-0.05, 0) is 6.92 Å². The van der Waals surface area contributed by atoms with Gasteiger partial charge in [0.05, 0.1) is 11.9 Å². The highest BCUT2D eigenvalue weighted by molar-refractivity contribution is 6.29. The topological polar surface area (TPSA) is 80.0 Å². The second-order valence-corrected chi connectivity index (χ2v) is 3.63. The van der Waals surface area contributed by atoms with Gasteiger partial charge in [0.25, 0.3) is 0 Å². The van der Waals surface area contributed by atoms with Crippen molar-refractivity contribution in [2.75, 3.05) is 42.3 Å². The first-order chi connectivity index (χ1) is 8.99. The molecule has 0 aromatic heterocycles. The lowest BCUT2D eigenvalue weighted by Crippen LogP contribution is -2.34. The van der Waals surface area contributed by atoms with Crippen LogP contribution < -0.4 is 10.6 Å². The molecule has 0 radical (unpaired) electrons. The van der Waals surface area contributed by atoms with Crippen LogP contribution in [0.25, 0.3) is 0 Å². The molecule has 0 spiro atoms.